The number of hydrogen-bond donors (Lipinski definition) is 2. The number of para-hydroxylation sites is 1. The van der Waals surface area contributed by atoms with Crippen LogP contribution in [0.25, 0.3) is 0 Å². The molecule has 0 radical (unpaired) electrons. The smallest absolute Gasteiger partial charge is 0.0637 e. The van der Waals surface area contributed by atoms with E-state index in [2.05, 4.69) is 11.4 Å². The Morgan fingerprint density at radius 1 is 1.21 bits per heavy atom. The van der Waals surface area contributed by atoms with E-state index in [1.54, 1.807) is 0 Å². The fourth-order valence-corrected chi connectivity index (χ4v) is 3.76. The maximum Gasteiger partial charge on any atom is 0.0637 e. The van der Waals surface area contributed by atoms with Crippen LogP contribution in [0.15, 0.2) is 24.3 Å². The standard InChI is InChI=1S/C16H23ClN2/c17-14-5-1-2-6-15(14)19-16(11-18)9-3-4-13(10-16)12-7-8-12/h1-2,5-6,12-13,19H,3-4,7-11,18H2. The van der Waals surface area contributed by atoms with E-state index in [9.17, 15) is 0 Å². The highest BCUT2D eigenvalue weighted by Gasteiger charge is 2.41. The van der Waals surface area contributed by atoms with Gasteiger partial charge in [0.25, 0.3) is 0 Å². The van der Waals surface area contributed by atoms with Crippen LogP contribution in [0, 0.1) is 11.8 Å². The minimum Gasteiger partial charge on any atom is -0.377 e. The summed E-state index contributed by atoms with van der Waals surface area (Å²) >= 11 is 6.27. The van der Waals surface area contributed by atoms with Gasteiger partial charge in [0.05, 0.1) is 10.7 Å². The second-order valence-corrected chi connectivity index (χ2v) is 6.69. The third-order valence-corrected chi connectivity index (χ3v) is 5.17. The first-order valence-electron chi connectivity index (χ1n) is 7.45. The first kappa shape index (κ1) is 13.3. The van der Waals surface area contributed by atoms with Crippen LogP contribution in [-0.4, -0.2) is 12.1 Å². The molecule has 2 unspecified atom stereocenters. The number of nitrogens with one attached hydrogen (secondary N) is 1. The number of halogens is 1. The van der Waals surface area contributed by atoms with Gasteiger partial charge in [0.1, 0.15) is 0 Å². The number of hydrogen-bond acceptors (Lipinski definition) is 2. The summed E-state index contributed by atoms with van der Waals surface area (Å²) in [6, 6.07) is 7.99. The number of anilines is 1. The molecule has 0 amide bonds. The van der Waals surface area contributed by atoms with Crippen molar-refractivity contribution in [3.8, 4) is 0 Å². The van der Waals surface area contributed by atoms with Gasteiger partial charge in [-0.3, -0.25) is 0 Å². The molecular weight excluding hydrogens is 256 g/mol. The maximum atomic E-state index is 6.27. The summed E-state index contributed by atoms with van der Waals surface area (Å²) < 4.78 is 0. The second-order valence-electron chi connectivity index (χ2n) is 6.28. The molecule has 0 heterocycles. The topological polar surface area (TPSA) is 38.0 Å². The van der Waals surface area contributed by atoms with Crippen LogP contribution < -0.4 is 11.1 Å². The fraction of sp³-hybridized carbons (Fsp3) is 0.625. The van der Waals surface area contributed by atoms with Crippen molar-refractivity contribution in [1.82, 2.24) is 0 Å². The van der Waals surface area contributed by atoms with E-state index in [4.69, 9.17) is 17.3 Å². The molecular formula is C16H23ClN2. The van der Waals surface area contributed by atoms with Crippen molar-refractivity contribution in [3.05, 3.63) is 29.3 Å². The summed E-state index contributed by atoms with van der Waals surface area (Å²) in [5.74, 6) is 1.84. The van der Waals surface area contributed by atoms with Crippen molar-refractivity contribution in [1.29, 1.82) is 0 Å². The Balaban J connectivity index is 1.76. The highest BCUT2D eigenvalue weighted by atomic mass is 35.5. The molecule has 2 aliphatic rings. The van der Waals surface area contributed by atoms with E-state index in [-0.39, 0.29) is 5.54 Å². The summed E-state index contributed by atoms with van der Waals surface area (Å²) in [5, 5.41) is 4.46. The van der Waals surface area contributed by atoms with Crippen LogP contribution in [0.1, 0.15) is 38.5 Å². The van der Waals surface area contributed by atoms with Crippen molar-refractivity contribution >= 4 is 17.3 Å². The lowest BCUT2D eigenvalue weighted by Gasteiger charge is -2.42. The molecule has 2 fully saturated rings. The minimum absolute atomic E-state index is 0.0521. The Morgan fingerprint density at radius 3 is 2.68 bits per heavy atom. The van der Waals surface area contributed by atoms with Gasteiger partial charge < -0.3 is 11.1 Å². The molecule has 1 aromatic carbocycles. The average Bonchev–Trinajstić information content (AvgIpc) is 3.26. The molecule has 2 saturated carbocycles. The predicted molar refractivity (Wildman–Crippen MR) is 81.5 cm³/mol. The van der Waals surface area contributed by atoms with Crippen molar-refractivity contribution in [3.63, 3.8) is 0 Å². The van der Waals surface area contributed by atoms with Gasteiger partial charge in [-0.05, 0) is 49.7 Å². The third-order valence-electron chi connectivity index (χ3n) is 4.84. The number of benzene rings is 1. The first-order chi connectivity index (χ1) is 9.22. The van der Waals surface area contributed by atoms with Gasteiger partial charge in [0, 0.05) is 12.1 Å². The molecule has 0 saturated heterocycles. The van der Waals surface area contributed by atoms with Crippen LogP contribution in [0.2, 0.25) is 5.02 Å². The molecule has 3 heteroatoms. The van der Waals surface area contributed by atoms with Crippen LogP contribution >= 0.6 is 11.6 Å². The van der Waals surface area contributed by atoms with E-state index in [0.29, 0.717) is 6.54 Å². The highest BCUT2D eigenvalue weighted by molar-refractivity contribution is 6.33. The van der Waals surface area contributed by atoms with Gasteiger partial charge in [-0.25, -0.2) is 0 Å². The Kier molecular flexibility index (Phi) is 3.72. The number of nitrogens with two attached hydrogens (primary N) is 1. The molecule has 2 nitrogen and oxygen atoms in total. The average molecular weight is 279 g/mol. The molecule has 3 rings (SSSR count). The summed E-state index contributed by atoms with van der Waals surface area (Å²) in [5.41, 5.74) is 7.20. The molecule has 0 spiro atoms. The Labute approximate surface area is 120 Å². The van der Waals surface area contributed by atoms with E-state index < -0.39 is 0 Å². The lowest BCUT2D eigenvalue weighted by molar-refractivity contribution is 0.228. The maximum absolute atomic E-state index is 6.27. The zero-order valence-corrected chi connectivity index (χ0v) is 12.1. The molecule has 0 aliphatic heterocycles. The van der Waals surface area contributed by atoms with Crippen molar-refractivity contribution in [2.75, 3.05) is 11.9 Å². The lowest BCUT2D eigenvalue weighted by atomic mass is 9.73. The predicted octanol–water partition coefficient (Wildman–Crippen LogP) is 4.05. The second kappa shape index (κ2) is 5.34. The van der Waals surface area contributed by atoms with E-state index in [1.807, 2.05) is 18.2 Å². The lowest BCUT2D eigenvalue weighted by Crippen LogP contribution is -2.49. The van der Waals surface area contributed by atoms with Gasteiger partial charge in [0.2, 0.25) is 0 Å². The van der Waals surface area contributed by atoms with Crippen molar-refractivity contribution < 1.29 is 0 Å². The molecule has 3 N–H and O–H groups in total. The monoisotopic (exact) mass is 278 g/mol. The van der Waals surface area contributed by atoms with Gasteiger partial charge in [-0.2, -0.15) is 0 Å². The largest absolute Gasteiger partial charge is 0.377 e. The van der Waals surface area contributed by atoms with Gasteiger partial charge in [0.15, 0.2) is 0 Å². The van der Waals surface area contributed by atoms with E-state index in [1.165, 1.54) is 32.1 Å². The molecule has 2 atom stereocenters. The third kappa shape index (κ3) is 2.90. The highest BCUT2D eigenvalue weighted by Crippen LogP contribution is 2.47. The van der Waals surface area contributed by atoms with Gasteiger partial charge in [-0.1, -0.05) is 36.6 Å². The quantitative estimate of drug-likeness (QED) is 0.872. The van der Waals surface area contributed by atoms with Crippen LogP contribution in [0.4, 0.5) is 5.69 Å². The Morgan fingerprint density at radius 2 is 2.00 bits per heavy atom. The van der Waals surface area contributed by atoms with Crippen LogP contribution in [0.3, 0.4) is 0 Å². The van der Waals surface area contributed by atoms with E-state index >= 15 is 0 Å². The summed E-state index contributed by atoms with van der Waals surface area (Å²) in [7, 11) is 0. The Bertz CT molecular complexity index is 444. The van der Waals surface area contributed by atoms with Crippen molar-refractivity contribution in [2.45, 2.75) is 44.1 Å². The van der Waals surface area contributed by atoms with Crippen LogP contribution in [0.5, 0.6) is 0 Å². The SMILES string of the molecule is NCC1(Nc2ccccc2Cl)CCCC(C2CC2)C1. The number of rotatable bonds is 4. The van der Waals surface area contributed by atoms with Gasteiger partial charge in [-0.15, -0.1) is 0 Å². The molecule has 1 aromatic rings. The summed E-state index contributed by atoms with van der Waals surface area (Å²) in [6.07, 6.45) is 7.90. The van der Waals surface area contributed by atoms with Crippen LogP contribution in [-0.2, 0) is 0 Å². The van der Waals surface area contributed by atoms with Gasteiger partial charge >= 0.3 is 0 Å². The summed E-state index contributed by atoms with van der Waals surface area (Å²) in [6.45, 7) is 0.696. The van der Waals surface area contributed by atoms with E-state index in [0.717, 1.165) is 29.0 Å². The fourth-order valence-electron chi connectivity index (χ4n) is 3.58. The molecule has 104 valence electrons. The molecule has 0 aromatic heterocycles. The zero-order chi connectivity index (χ0) is 13.3. The molecule has 19 heavy (non-hydrogen) atoms. The summed E-state index contributed by atoms with van der Waals surface area (Å²) in [4.78, 5) is 0. The Hall–Kier alpha value is -0.730. The first-order valence-corrected chi connectivity index (χ1v) is 7.83. The normalized spacial score (nSPS) is 31.2. The zero-order valence-electron chi connectivity index (χ0n) is 11.4. The minimum atomic E-state index is 0.0521. The van der Waals surface area contributed by atoms with Crippen molar-refractivity contribution in [2.24, 2.45) is 17.6 Å². The molecule has 2 aliphatic carbocycles. The molecule has 0 bridgehead atoms.